The van der Waals surface area contributed by atoms with Gasteiger partial charge in [0.05, 0.1) is 6.04 Å². The van der Waals surface area contributed by atoms with Gasteiger partial charge < -0.3 is 9.73 Å². The maximum absolute atomic E-state index is 5.94. The molecule has 2 heterocycles. The van der Waals surface area contributed by atoms with E-state index in [4.69, 9.17) is 4.42 Å². The summed E-state index contributed by atoms with van der Waals surface area (Å²) in [6.45, 7) is 4.18. The Balaban J connectivity index is 1.93. The van der Waals surface area contributed by atoms with Crippen molar-refractivity contribution < 1.29 is 4.42 Å². The van der Waals surface area contributed by atoms with E-state index in [2.05, 4.69) is 30.3 Å². The molecule has 1 aromatic carbocycles. The monoisotopic (exact) mass is 255 g/mol. The van der Waals surface area contributed by atoms with Crippen LogP contribution in [-0.4, -0.2) is 9.78 Å². The number of anilines is 1. The van der Waals surface area contributed by atoms with Gasteiger partial charge in [-0.3, -0.25) is 4.68 Å². The predicted octanol–water partition coefficient (Wildman–Crippen LogP) is 3.65. The molecule has 1 atom stereocenters. The number of aromatic nitrogens is 2. The molecule has 4 heteroatoms. The van der Waals surface area contributed by atoms with Gasteiger partial charge in [0.25, 0.3) is 0 Å². The number of para-hydroxylation sites is 1. The topological polar surface area (TPSA) is 43.0 Å². The minimum atomic E-state index is 0.0855. The van der Waals surface area contributed by atoms with Crippen molar-refractivity contribution >= 4 is 16.8 Å². The van der Waals surface area contributed by atoms with E-state index < -0.39 is 0 Å². The lowest BCUT2D eigenvalue weighted by molar-refractivity contribution is 0.521. The maximum atomic E-state index is 5.94. The third-order valence-electron chi connectivity index (χ3n) is 3.35. The second-order valence-corrected chi connectivity index (χ2v) is 4.83. The standard InChI is InChI=1S/C15H17N3O/c1-10-12-6-4-5-7-13(12)19-15(10)11(2)16-14-8-9-18(3)17-14/h4-9,11H,1-3H3,(H,16,17). The molecule has 0 bridgehead atoms. The number of nitrogens with one attached hydrogen (secondary N) is 1. The number of benzene rings is 1. The molecule has 19 heavy (non-hydrogen) atoms. The molecule has 0 radical (unpaired) electrons. The van der Waals surface area contributed by atoms with Crippen LogP contribution in [0.4, 0.5) is 5.82 Å². The van der Waals surface area contributed by atoms with Crippen molar-refractivity contribution in [3.8, 4) is 0 Å². The van der Waals surface area contributed by atoms with Crippen molar-refractivity contribution in [1.82, 2.24) is 9.78 Å². The van der Waals surface area contributed by atoms with Crippen LogP contribution >= 0.6 is 0 Å². The Labute approximate surface area is 112 Å². The van der Waals surface area contributed by atoms with Crippen LogP contribution in [0.15, 0.2) is 40.9 Å². The molecule has 0 aliphatic heterocycles. The second kappa shape index (κ2) is 4.46. The first kappa shape index (κ1) is 11.8. The minimum absolute atomic E-state index is 0.0855. The molecule has 0 saturated carbocycles. The molecule has 3 aromatic rings. The first-order valence-corrected chi connectivity index (χ1v) is 6.39. The number of aryl methyl sites for hydroxylation is 2. The van der Waals surface area contributed by atoms with E-state index in [1.807, 2.05) is 37.5 Å². The molecule has 0 spiro atoms. The molecule has 2 aromatic heterocycles. The fourth-order valence-electron chi connectivity index (χ4n) is 2.39. The molecule has 1 unspecified atom stereocenters. The van der Waals surface area contributed by atoms with E-state index in [9.17, 15) is 0 Å². The quantitative estimate of drug-likeness (QED) is 0.776. The highest BCUT2D eigenvalue weighted by Gasteiger charge is 2.16. The lowest BCUT2D eigenvalue weighted by Crippen LogP contribution is -2.07. The fourth-order valence-corrected chi connectivity index (χ4v) is 2.39. The van der Waals surface area contributed by atoms with Gasteiger partial charge in [-0.1, -0.05) is 18.2 Å². The summed E-state index contributed by atoms with van der Waals surface area (Å²) in [6.07, 6.45) is 1.92. The van der Waals surface area contributed by atoms with Crippen molar-refractivity contribution in [2.75, 3.05) is 5.32 Å². The van der Waals surface area contributed by atoms with Gasteiger partial charge >= 0.3 is 0 Å². The lowest BCUT2D eigenvalue weighted by atomic mass is 10.1. The van der Waals surface area contributed by atoms with E-state index in [1.165, 1.54) is 10.9 Å². The fraction of sp³-hybridized carbons (Fsp3) is 0.267. The molecular weight excluding hydrogens is 238 g/mol. The SMILES string of the molecule is Cc1c(C(C)Nc2ccn(C)n2)oc2ccccc12. The zero-order valence-corrected chi connectivity index (χ0v) is 11.3. The Hall–Kier alpha value is -2.23. The smallest absolute Gasteiger partial charge is 0.148 e. The number of hydrogen-bond acceptors (Lipinski definition) is 3. The van der Waals surface area contributed by atoms with Gasteiger partial charge in [-0.05, 0) is 19.9 Å². The molecule has 0 saturated heterocycles. The summed E-state index contributed by atoms with van der Waals surface area (Å²) in [4.78, 5) is 0. The zero-order chi connectivity index (χ0) is 13.4. The minimum Gasteiger partial charge on any atom is -0.459 e. The van der Waals surface area contributed by atoms with Crippen LogP contribution in [-0.2, 0) is 7.05 Å². The molecule has 0 amide bonds. The highest BCUT2D eigenvalue weighted by Crippen LogP contribution is 2.30. The van der Waals surface area contributed by atoms with Crippen molar-refractivity contribution in [3.05, 3.63) is 47.9 Å². The van der Waals surface area contributed by atoms with Crippen LogP contribution in [0.5, 0.6) is 0 Å². The van der Waals surface area contributed by atoms with Crippen LogP contribution < -0.4 is 5.32 Å². The van der Waals surface area contributed by atoms with E-state index in [0.717, 1.165) is 17.2 Å². The highest BCUT2D eigenvalue weighted by molar-refractivity contribution is 5.82. The van der Waals surface area contributed by atoms with E-state index in [1.54, 1.807) is 4.68 Å². The van der Waals surface area contributed by atoms with Crippen molar-refractivity contribution in [2.45, 2.75) is 19.9 Å². The van der Waals surface area contributed by atoms with E-state index >= 15 is 0 Å². The Bertz CT molecular complexity index is 711. The summed E-state index contributed by atoms with van der Waals surface area (Å²) < 4.78 is 7.72. The summed E-state index contributed by atoms with van der Waals surface area (Å²) in [5.41, 5.74) is 2.12. The largest absolute Gasteiger partial charge is 0.459 e. The van der Waals surface area contributed by atoms with Gasteiger partial charge in [0.1, 0.15) is 17.2 Å². The summed E-state index contributed by atoms with van der Waals surface area (Å²) in [5, 5.41) is 8.85. The summed E-state index contributed by atoms with van der Waals surface area (Å²) >= 11 is 0. The number of furan rings is 1. The van der Waals surface area contributed by atoms with Crippen LogP contribution in [0, 0.1) is 6.92 Å². The van der Waals surface area contributed by atoms with Crippen molar-refractivity contribution in [1.29, 1.82) is 0 Å². The average Bonchev–Trinajstić information content (AvgIpc) is 2.94. The second-order valence-electron chi connectivity index (χ2n) is 4.83. The first-order valence-electron chi connectivity index (χ1n) is 6.39. The summed E-state index contributed by atoms with van der Waals surface area (Å²) in [6, 6.07) is 10.2. The van der Waals surface area contributed by atoms with Gasteiger partial charge in [-0.2, -0.15) is 5.10 Å². The third-order valence-corrected chi connectivity index (χ3v) is 3.35. The van der Waals surface area contributed by atoms with Crippen LogP contribution in [0.25, 0.3) is 11.0 Å². The lowest BCUT2D eigenvalue weighted by Gasteiger charge is -2.11. The summed E-state index contributed by atoms with van der Waals surface area (Å²) in [7, 11) is 1.91. The highest BCUT2D eigenvalue weighted by atomic mass is 16.3. The van der Waals surface area contributed by atoms with Gasteiger partial charge in [0, 0.05) is 30.3 Å². The first-order chi connectivity index (χ1) is 9.15. The molecule has 4 nitrogen and oxygen atoms in total. The van der Waals surface area contributed by atoms with E-state index in [0.29, 0.717) is 0 Å². The zero-order valence-electron chi connectivity index (χ0n) is 11.3. The molecule has 1 N–H and O–H groups in total. The predicted molar refractivity (Wildman–Crippen MR) is 76.2 cm³/mol. The Kier molecular flexibility index (Phi) is 2.78. The Morgan fingerprint density at radius 1 is 1.26 bits per heavy atom. The summed E-state index contributed by atoms with van der Waals surface area (Å²) in [5.74, 6) is 1.82. The van der Waals surface area contributed by atoms with Gasteiger partial charge in [0.15, 0.2) is 0 Å². The van der Waals surface area contributed by atoms with E-state index in [-0.39, 0.29) is 6.04 Å². The molecule has 3 rings (SSSR count). The number of nitrogens with zero attached hydrogens (tertiary/aromatic N) is 2. The van der Waals surface area contributed by atoms with Crippen LogP contribution in [0.2, 0.25) is 0 Å². The van der Waals surface area contributed by atoms with Crippen molar-refractivity contribution in [3.63, 3.8) is 0 Å². The van der Waals surface area contributed by atoms with Gasteiger partial charge in [-0.25, -0.2) is 0 Å². The normalized spacial score (nSPS) is 12.8. The number of rotatable bonds is 3. The molecule has 98 valence electrons. The molecular formula is C15H17N3O. The van der Waals surface area contributed by atoms with Crippen LogP contribution in [0.3, 0.4) is 0 Å². The van der Waals surface area contributed by atoms with Crippen LogP contribution in [0.1, 0.15) is 24.3 Å². The van der Waals surface area contributed by atoms with Gasteiger partial charge in [0.2, 0.25) is 0 Å². The average molecular weight is 255 g/mol. The molecule has 0 fully saturated rings. The number of hydrogen-bond donors (Lipinski definition) is 1. The molecule has 0 aliphatic rings. The Morgan fingerprint density at radius 2 is 2.05 bits per heavy atom. The maximum Gasteiger partial charge on any atom is 0.148 e. The van der Waals surface area contributed by atoms with Gasteiger partial charge in [-0.15, -0.1) is 0 Å². The third kappa shape index (κ3) is 2.10. The van der Waals surface area contributed by atoms with Crippen molar-refractivity contribution in [2.24, 2.45) is 7.05 Å². The Morgan fingerprint density at radius 3 is 2.74 bits per heavy atom. The number of fused-ring (bicyclic) bond motifs is 1. The molecule has 0 aliphatic carbocycles.